The number of imidazole rings is 1. The predicted octanol–water partition coefficient (Wildman–Crippen LogP) is 3.42. The van der Waals surface area contributed by atoms with Crippen LogP contribution in [0.2, 0.25) is 0 Å². The summed E-state index contributed by atoms with van der Waals surface area (Å²) in [5.74, 6) is 0.596. The fraction of sp³-hybridized carbons (Fsp3) is 0. The first-order valence-electron chi connectivity index (χ1n) is 9.23. The summed E-state index contributed by atoms with van der Waals surface area (Å²) in [6, 6.07) is 9.68. The van der Waals surface area contributed by atoms with E-state index in [2.05, 4.69) is 35.1 Å². The minimum atomic E-state index is 0.596. The second-order valence-corrected chi connectivity index (χ2v) is 6.67. The van der Waals surface area contributed by atoms with Crippen molar-refractivity contribution in [3.8, 4) is 33.9 Å². The lowest BCUT2D eigenvalue weighted by Gasteiger charge is -2.00. The topological polar surface area (TPSA) is 122 Å². The van der Waals surface area contributed by atoms with Gasteiger partial charge in [-0.15, -0.1) is 0 Å². The molecular formula is C21H13N9. The Hall–Kier alpha value is -4.53. The lowest BCUT2D eigenvalue weighted by Crippen LogP contribution is -1.88. The van der Waals surface area contributed by atoms with Gasteiger partial charge in [-0.3, -0.25) is 10.1 Å². The molecule has 0 fully saturated rings. The third-order valence-electron chi connectivity index (χ3n) is 4.86. The number of hydrogen-bond acceptors (Lipinski definition) is 7. The van der Waals surface area contributed by atoms with Crippen molar-refractivity contribution in [2.75, 3.05) is 0 Å². The number of rotatable bonds is 3. The van der Waals surface area contributed by atoms with Gasteiger partial charge in [-0.25, -0.2) is 24.9 Å². The lowest BCUT2D eigenvalue weighted by molar-refractivity contribution is 1.10. The van der Waals surface area contributed by atoms with E-state index >= 15 is 0 Å². The standard InChI is InChI=1S/C21H13N9/c1-2-16-18(26-15(1)13-9-23-11-24-10-13)19(30-29-16)21-27-17-14(5-8-25-20(17)28-21)12-3-6-22-7-4-12/h1-11H,(H,29,30)(H,25,27,28). The van der Waals surface area contributed by atoms with Crippen LogP contribution in [0.1, 0.15) is 0 Å². The molecule has 0 bridgehead atoms. The number of hydrogen-bond donors (Lipinski definition) is 2. The molecule has 0 atom stereocenters. The van der Waals surface area contributed by atoms with Crippen LogP contribution >= 0.6 is 0 Å². The average molecular weight is 391 g/mol. The van der Waals surface area contributed by atoms with Crippen LogP contribution in [0.4, 0.5) is 0 Å². The van der Waals surface area contributed by atoms with Crippen molar-refractivity contribution in [3.05, 3.63) is 67.6 Å². The molecule has 0 amide bonds. The number of aromatic nitrogens is 9. The van der Waals surface area contributed by atoms with Gasteiger partial charge < -0.3 is 4.98 Å². The fourth-order valence-electron chi connectivity index (χ4n) is 3.44. The molecule has 0 saturated heterocycles. The van der Waals surface area contributed by atoms with Gasteiger partial charge in [-0.1, -0.05) is 0 Å². The van der Waals surface area contributed by atoms with Gasteiger partial charge in [0.25, 0.3) is 0 Å². The molecule has 0 saturated carbocycles. The summed E-state index contributed by atoms with van der Waals surface area (Å²) in [5, 5.41) is 7.47. The molecule has 6 rings (SSSR count). The first-order valence-corrected chi connectivity index (χ1v) is 9.23. The van der Waals surface area contributed by atoms with Crippen LogP contribution in [-0.2, 0) is 0 Å². The van der Waals surface area contributed by atoms with Gasteiger partial charge >= 0.3 is 0 Å². The molecule has 0 aromatic carbocycles. The zero-order valence-electron chi connectivity index (χ0n) is 15.5. The SMILES string of the molecule is c1cc(-c2ccnc3[nH]c(-c4n[nH]c5ccc(-c6cncnc6)nc45)nc23)ccn1. The van der Waals surface area contributed by atoms with Crippen LogP contribution in [0.3, 0.4) is 0 Å². The molecule has 9 heteroatoms. The summed E-state index contributed by atoms with van der Waals surface area (Å²) in [6.07, 6.45) is 10.2. The number of pyridine rings is 3. The van der Waals surface area contributed by atoms with E-state index in [4.69, 9.17) is 9.97 Å². The number of aromatic amines is 2. The molecule has 142 valence electrons. The van der Waals surface area contributed by atoms with Crippen LogP contribution in [0.15, 0.2) is 67.6 Å². The Morgan fingerprint density at radius 3 is 2.47 bits per heavy atom. The summed E-state index contributed by atoms with van der Waals surface area (Å²) in [5.41, 5.74) is 7.18. The lowest BCUT2D eigenvalue weighted by atomic mass is 10.1. The quantitative estimate of drug-likeness (QED) is 0.474. The maximum Gasteiger partial charge on any atom is 0.162 e. The highest BCUT2D eigenvalue weighted by Gasteiger charge is 2.17. The van der Waals surface area contributed by atoms with Gasteiger partial charge in [0.05, 0.1) is 11.2 Å². The molecule has 6 aromatic rings. The Kier molecular flexibility index (Phi) is 3.57. The van der Waals surface area contributed by atoms with Crippen LogP contribution in [0.5, 0.6) is 0 Å². The fourth-order valence-corrected chi connectivity index (χ4v) is 3.44. The first kappa shape index (κ1) is 16.4. The zero-order valence-corrected chi connectivity index (χ0v) is 15.5. The van der Waals surface area contributed by atoms with Crippen molar-refractivity contribution >= 4 is 22.2 Å². The summed E-state index contributed by atoms with van der Waals surface area (Å²) in [6.45, 7) is 0. The van der Waals surface area contributed by atoms with Crippen molar-refractivity contribution in [1.82, 2.24) is 45.1 Å². The minimum absolute atomic E-state index is 0.596. The van der Waals surface area contributed by atoms with E-state index < -0.39 is 0 Å². The van der Waals surface area contributed by atoms with Gasteiger partial charge in [0, 0.05) is 42.1 Å². The Balaban J connectivity index is 1.52. The highest BCUT2D eigenvalue weighted by molar-refractivity contribution is 5.94. The van der Waals surface area contributed by atoms with Gasteiger partial charge in [0.15, 0.2) is 17.2 Å². The maximum atomic E-state index is 4.80. The molecule has 9 nitrogen and oxygen atoms in total. The van der Waals surface area contributed by atoms with E-state index in [1.165, 1.54) is 6.33 Å². The molecule has 0 aliphatic rings. The summed E-state index contributed by atoms with van der Waals surface area (Å²) >= 11 is 0. The summed E-state index contributed by atoms with van der Waals surface area (Å²) < 4.78 is 0. The van der Waals surface area contributed by atoms with E-state index in [-0.39, 0.29) is 0 Å². The highest BCUT2D eigenvalue weighted by atomic mass is 15.2. The molecule has 0 spiro atoms. The van der Waals surface area contributed by atoms with Gasteiger partial charge in [-0.2, -0.15) is 5.10 Å². The highest BCUT2D eigenvalue weighted by Crippen LogP contribution is 2.30. The van der Waals surface area contributed by atoms with E-state index in [9.17, 15) is 0 Å². The van der Waals surface area contributed by atoms with E-state index in [1.54, 1.807) is 31.0 Å². The molecular weight excluding hydrogens is 378 g/mol. The van der Waals surface area contributed by atoms with Crippen LogP contribution in [0.25, 0.3) is 56.1 Å². The predicted molar refractivity (Wildman–Crippen MR) is 111 cm³/mol. The number of nitrogens with zero attached hydrogens (tertiary/aromatic N) is 7. The molecule has 30 heavy (non-hydrogen) atoms. The van der Waals surface area contributed by atoms with Crippen molar-refractivity contribution < 1.29 is 0 Å². The Morgan fingerprint density at radius 2 is 1.60 bits per heavy atom. The summed E-state index contributed by atoms with van der Waals surface area (Å²) in [4.78, 5) is 29.5. The molecule has 0 aliphatic carbocycles. The average Bonchev–Trinajstić information content (AvgIpc) is 3.43. The smallest absolute Gasteiger partial charge is 0.162 e. The third-order valence-corrected chi connectivity index (χ3v) is 4.86. The third kappa shape index (κ3) is 2.60. The van der Waals surface area contributed by atoms with Crippen molar-refractivity contribution in [3.63, 3.8) is 0 Å². The molecule has 2 N–H and O–H groups in total. The second kappa shape index (κ2) is 6.52. The number of H-pyrrole nitrogens is 2. The Labute approximate surface area is 169 Å². The normalized spacial score (nSPS) is 11.3. The molecule has 6 aromatic heterocycles. The van der Waals surface area contributed by atoms with Crippen molar-refractivity contribution in [2.45, 2.75) is 0 Å². The van der Waals surface area contributed by atoms with Crippen LogP contribution in [0, 0.1) is 0 Å². The second-order valence-electron chi connectivity index (χ2n) is 6.67. The Morgan fingerprint density at radius 1 is 0.733 bits per heavy atom. The van der Waals surface area contributed by atoms with E-state index in [1.807, 2.05) is 30.3 Å². The largest absolute Gasteiger partial charge is 0.321 e. The van der Waals surface area contributed by atoms with Crippen molar-refractivity contribution in [1.29, 1.82) is 0 Å². The zero-order chi connectivity index (χ0) is 19.9. The van der Waals surface area contributed by atoms with E-state index in [0.717, 1.165) is 33.4 Å². The molecule has 0 unspecified atom stereocenters. The van der Waals surface area contributed by atoms with Gasteiger partial charge in [0.2, 0.25) is 0 Å². The first-order chi connectivity index (χ1) is 14.9. The minimum Gasteiger partial charge on any atom is -0.321 e. The summed E-state index contributed by atoms with van der Waals surface area (Å²) in [7, 11) is 0. The van der Waals surface area contributed by atoms with Crippen LogP contribution in [-0.4, -0.2) is 45.1 Å². The monoisotopic (exact) mass is 391 g/mol. The van der Waals surface area contributed by atoms with Gasteiger partial charge in [0.1, 0.15) is 17.4 Å². The Bertz CT molecular complexity index is 1490. The van der Waals surface area contributed by atoms with Crippen LogP contribution < -0.4 is 0 Å². The molecule has 0 radical (unpaired) electrons. The number of fused-ring (bicyclic) bond motifs is 2. The van der Waals surface area contributed by atoms with Gasteiger partial charge in [-0.05, 0) is 35.9 Å². The van der Waals surface area contributed by atoms with E-state index in [0.29, 0.717) is 22.7 Å². The number of nitrogens with one attached hydrogen (secondary N) is 2. The van der Waals surface area contributed by atoms with Crippen molar-refractivity contribution in [2.24, 2.45) is 0 Å². The maximum absolute atomic E-state index is 4.80. The molecule has 6 heterocycles. The molecule has 0 aliphatic heterocycles.